The van der Waals surface area contributed by atoms with Gasteiger partial charge in [-0.1, -0.05) is 18.2 Å². The number of nitrogens with zero attached hydrogens (tertiary/aromatic N) is 1. The number of carbonyl (C=O) groups excluding carboxylic acids is 2. The van der Waals surface area contributed by atoms with Crippen molar-refractivity contribution in [1.29, 1.82) is 0 Å². The third-order valence-electron chi connectivity index (χ3n) is 3.18. The fourth-order valence-corrected chi connectivity index (χ4v) is 2.89. The summed E-state index contributed by atoms with van der Waals surface area (Å²) in [5.74, 6) is -0.777. The molecule has 0 aliphatic heterocycles. The Morgan fingerprint density at radius 2 is 1.91 bits per heavy atom. The van der Waals surface area contributed by atoms with Gasteiger partial charge in [-0.2, -0.15) is 0 Å². The van der Waals surface area contributed by atoms with E-state index in [-0.39, 0.29) is 25.5 Å². The third kappa shape index (κ3) is 6.27. The van der Waals surface area contributed by atoms with E-state index in [4.69, 9.17) is 0 Å². The van der Waals surface area contributed by atoms with Crippen LogP contribution in [0, 0.1) is 6.92 Å². The first-order valence-corrected chi connectivity index (χ1v) is 8.97. The van der Waals surface area contributed by atoms with Crippen LogP contribution in [0.3, 0.4) is 0 Å². The van der Waals surface area contributed by atoms with Gasteiger partial charge in [-0.25, -0.2) is 8.42 Å². The number of amides is 1. The molecule has 8 heteroatoms. The molecular weight excluding hydrogens is 320 g/mol. The highest BCUT2D eigenvalue weighted by molar-refractivity contribution is 7.92. The second kappa shape index (κ2) is 8.52. The van der Waals surface area contributed by atoms with Crippen LogP contribution >= 0.6 is 0 Å². The number of methoxy groups -OCH3 is 1. The van der Waals surface area contributed by atoms with Crippen LogP contribution in [0.2, 0.25) is 0 Å². The Balaban J connectivity index is 2.67. The van der Waals surface area contributed by atoms with E-state index in [0.29, 0.717) is 12.1 Å². The highest BCUT2D eigenvalue weighted by Crippen LogP contribution is 2.21. The molecule has 0 fully saturated rings. The minimum Gasteiger partial charge on any atom is -0.469 e. The van der Waals surface area contributed by atoms with Gasteiger partial charge in [0.2, 0.25) is 15.9 Å². The quantitative estimate of drug-likeness (QED) is 0.558. The zero-order valence-electron chi connectivity index (χ0n) is 13.5. The van der Waals surface area contributed by atoms with Gasteiger partial charge in [0.1, 0.15) is 6.54 Å². The smallest absolute Gasteiger partial charge is 0.305 e. The number of rotatable bonds is 8. The van der Waals surface area contributed by atoms with Gasteiger partial charge in [-0.05, 0) is 25.0 Å². The van der Waals surface area contributed by atoms with Gasteiger partial charge < -0.3 is 10.1 Å². The maximum atomic E-state index is 12.0. The highest BCUT2D eigenvalue weighted by atomic mass is 32.2. The fraction of sp³-hybridized carbons (Fsp3) is 0.467. The molecule has 7 nitrogen and oxygen atoms in total. The number of esters is 1. The summed E-state index contributed by atoms with van der Waals surface area (Å²) < 4.78 is 29.5. The topological polar surface area (TPSA) is 92.8 Å². The van der Waals surface area contributed by atoms with Gasteiger partial charge in [0.25, 0.3) is 0 Å². The Kier molecular flexibility index (Phi) is 7.02. The Hall–Kier alpha value is -2.09. The summed E-state index contributed by atoms with van der Waals surface area (Å²) in [6.45, 7) is 1.75. The molecule has 1 aromatic carbocycles. The second-order valence-electron chi connectivity index (χ2n) is 5.09. The molecule has 23 heavy (non-hydrogen) atoms. The maximum Gasteiger partial charge on any atom is 0.305 e. The molecule has 0 aliphatic carbocycles. The van der Waals surface area contributed by atoms with E-state index < -0.39 is 15.9 Å². The molecule has 1 N–H and O–H groups in total. The van der Waals surface area contributed by atoms with E-state index in [9.17, 15) is 18.0 Å². The van der Waals surface area contributed by atoms with Crippen LogP contribution < -0.4 is 9.62 Å². The summed E-state index contributed by atoms with van der Waals surface area (Å²) in [6, 6.07) is 6.95. The lowest BCUT2D eigenvalue weighted by Gasteiger charge is -2.23. The normalized spacial score (nSPS) is 10.9. The maximum absolute atomic E-state index is 12.0. The lowest BCUT2D eigenvalue weighted by atomic mass is 10.2. The molecular formula is C15H22N2O5S. The van der Waals surface area contributed by atoms with Gasteiger partial charge in [-0.3, -0.25) is 13.9 Å². The van der Waals surface area contributed by atoms with Crippen molar-refractivity contribution in [2.45, 2.75) is 19.8 Å². The number of ether oxygens (including phenoxy) is 1. The molecule has 1 rings (SSSR count). The second-order valence-corrected chi connectivity index (χ2v) is 6.99. The van der Waals surface area contributed by atoms with Crippen molar-refractivity contribution < 1.29 is 22.7 Å². The Morgan fingerprint density at radius 1 is 1.26 bits per heavy atom. The number of hydrogen-bond donors (Lipinski definition) is 1. The van der Waals surface area contributed by atoms with Crippen molar-refractivity contribution in [3.63, 3.8) is 0 Å². The minimum absolute atomic E-state index is 0.199. The Labute approximate surface area is 136 Å². The molecule has 0 heterocycles. The molecule has 0 unspecified atom stereocenters. The van der Waals surface area contributed by atoms with Crippen molar-refractivity contribution in [3.8, 4) is 0 Å². The number of carbonyl (C=O) groups is 2. The Morgan fingerprint density at radius 3 is 2.48 bits per heavy atom. The van der Waals surface area contributed by atoms with Gasteiger partial charge in [-0.15, -0.1) is 0 Å². The predicted octanol–water partition coefficient (Wildman–Crippen LogP) is 0.830. The lowest BCUT2D eigenvalue weighted by molar-refractivity contribution is -0.140. The third-order valence-corrected chi connectivity index (χ3v) is 4.31. The van der Waals surface area contributed by atoms with Crippen LogP contribution in [0.5, 0.6) is 0 Å². The van der Waals surface area contributed by atoms with Crippen molar-refractivity contribution in [2.24, 2.45) is 0 Å². The number of hydrogen-bond acceptors (Lipinski definition) is 5. The molecule has 0 bridgehead atoms. The molecule has 0 atom stereocenters. The SMILES string of the molecule is COC(=O)CCCNC(=O)CN(c1ccccc1C)S(C)(=O)=O. The number of sulfonamides is 1. The molecule has 0 aromatic heterocycles. The van der Waals surface area contributed by atoms with Crippen molar-refractivity contribution in [2.75, 3.05) is 30.8 Å². The van der Waals surface area contributed by atoms with Gasteiger partial charge in [0.15, 0.2) is 0 Å². The summed E-state index contributed by atoms with van der Waals surface area (Å²) in [6.07, 6.45) is 1.69. The average Bonchev–Trinajstić information content (AvgIpc) is 2.48. The first kappa shape index (κ1) is 19.0. The molecule has 1 aromatic rings. The number of anilines is 1. The Bertz CT molecular complexity index is 658. The minimum atomic E-state index is -3.59. The zero-order chi connectivity index (χ0) is 17.5. The summed E-state index contributed by atoms with van der Waals surface area (Å²) >= 11 is 0. The van der Waals surface area contributed by atoms with Crippen LogP contribution in [-0.2, 0) is 24.3 Å². The van der Waals surface area contributed by atoms with Gasteiger partial charge in [0.05, 0.1) is 19.1 Å². The van der Waals surface area contributed by atoms with E-state index in [2.05, 4.69) is 10.1 Å². The molecule has 128 valence electrons. The van der Waals surface area contributed by atoms with Crippen LogP contribution in [0.25, 0.3) is 0 Å². The van der Waals surface area contributed by atoms with E-state index in [1.165, 1.54) is 7.11 Å². The van der Waals surface area contributed by atoms with E-state index in [1.807, 2.05) is 0 Å². The average molecular weight is 342 g/mol. The van der Waals surface area contributed by atoms with Crippen LogP contribution in [0.15, 0.2) is 24.3 Å². The standard InChI is InChI=1S/C15H22N2O5S/c1-12-7-4-5-8-13(12)17(23(3,20)21)11-14(18)16-10-6-9-15(19)22-2/h4-5,7-8H,6,9-11H2,1-3H3,(H,16,18). The van der Waals surface area contributed by atoms with Crippen molar-refractivity contribution in [3.05, 3.63) is 29.8 Å². The summed E-state index contributed by atoms with van der Waals surface area (Å²) in [5.41, 5.74) is 1.23. The number of benzene rings is 1. The van der Waals surface area contributed by atoms with E-state index in [1.54, 1.807) is 31.2 Å². The first-order valence-electron chi connectivity index (χ1n) is 7.12. The number of nitrogens with one attached hydrogen (secondary N) is 1. The monoisotopic (exact) mass is 342 g/mol. The van der Waals surface area contributed by atoms with Gasteiger partial charge in [0, 0.05) is 13.0 Å². The molecule has 0 aliphatic rings. The van der Waals surface area contributed by atoms with Crippen molar-refractivity contribution >= 4 is 27.6 Å². The highest BCUT2D eigenvalue weighted by Gasteiger charge is 2.21. The number of para-hydroxylation sites is 1. The molecule has 1 amide bonds. The molecule has 0 saturated heterocycles. The number of aryl methyl sites for hydroxylation is 1. The van der Waals surface area contributed by atoms with E-state index in [0.717, 1.165) is 16.1 Å². The molecule has 0 saturated carbocycles. The predicted molar refractivity (Wildman–Crippen MR) is 87.6 cm³/mol. The largest absolute Gasteiger partial charge is 0.469 e. The summed E-state index contributed by atoms with van der Waals surface area (Å²) in [4.78, 5) is 22.9. The van der Waals surface area contributed by atoms with Gasteiger partial charge >= 0.3 is 5.97 Å². The van der Waals surface area contributed by atoms with E-state index >= 15 is 0 Å². The first-order chi connectivity index (χ1) is 10.8. The van der Waals surface area contributed by atoms with Crippen LogP contribution in [0.4, 0.5) is 5.69 Å². The van der Waals surface area contributed by atoms with Crippen LogP contribution in [-0.4, -0.2) is 46.7 Å². The lowest BCUT2D eigenvalue weighted by Crippen LogP contribution is -2.41. The van der Waals surface area contributed by atoms with Crippen molar-refractivity contribution in [1.82, 2.24) is 5.32 Å². The molecule has 0 radical (unpaired) electrons. The summed E-state index contributed by atoms with van der Waals surface area (Å²) in [5, 5.41) is 2.60. The fourth-order valence-electron chi connectivity index (χ4n) is 1.97. The zero-order valence-corrected chi connectivity index (χ0v) is 14.4. The van der Waals surface area contributed by atoms with Crippen LogP contribution in [0.1, 0.15) is 18.4 Å². The summed E-state index contributed by atoms with van der Waals surface area (Å²) in [7, 11) is -2.29. The molecule has 0 spiro atoms.